The van der Waals surface area contributed by atoms with Gasteiger partial charge in [0.25, 0.3) is 0 Å². The molecule has 0 spiro atoms. The first kappa shape index (κ1) is 5.59. The molecule has 0 atom stereocenters. The molecule has 0 aromatic carbocycles. The molecule has 0 bridgehead atoms. The number of isocyanates is 1. The van der Waals surface area contributed by atoms with E-state index in [-0.39, 0.29) is 0 Å². The second kappa shape index (κ2) is 2.69. The summed E-state index contributed by atoms with van der Waals surface area (Å²) in [7, 11) is 0. The Morgan fingerprint density at radius 2 is 2.44 bits per heavy atom. The lowest BCUT2D eigenvalue weighted by molar-refractivity contribution is 0.565. The van der Waals surface area contributed by atoms with Crippen LogP contribution in [0.4, 0.5) is 5.69 Å². The van der Waals surface area contributed by atoms with E-state index >= 15 is 0 Å². The predicted molar refractivity (Wildman–Crippen MR) is 29.8 cm³/mol. The van der Waals surface area contributed by atoms with E-state index in [1.807, 2.05) is 0 Å². The van der Waals surface area contributed by atoms with Gasteiger partial charge in [0, 0.05) is 0 Å². The van der Waals surface area contributed by atoms with Crippen LogP contribution in [0.1, 0.15) is 0 Å². The van der Waals surface area contributed by atoms with Crippen LogP contribution in [-0.4, -0.2) is 16.3 Å². The fraction of sp³-hybridized carbons (Fsp3) is 0. The summed E-state index contributed by atoms with van der Waals surface area (Å²) in [6, 6.07) is 1.57. The molecule has 0 saturated heterocycles. The highest BCUT2D eigenvalue weighted by Gasteiger charge is 1.82. The van der Waals surface area contributed by atoms with E-state index in [1.165, 1.54) is 18.5 Å². The topological polar surface area (TPSA) is 55.2 Å². The van der Waals surface area contributed by atoms with Gasteiger partial charge in [-0.2, -0.15) is 15.2 Å². The molecule has 9 heavy (non-hydrogen) atoms. The zero-order valence-corrected chi connectivity index (χ0v) is 4.48. The second-order valence-electron chi connectivity index (χ2n) is 1.30. The van der Waals surface area contributed by atoms with E-state index < -0.39 is 0 Å². The molecular weight excluding hydrogens is 118 g/mol. The molecule has 0 fully saturated rings. The quantitative estimate of drug-likeness (QED) is 0.400. The lowest BCUT2D eigenvalue weighted by atomic mass is 10.5. The summed E-state index contributed by atoms with van der Waals surface area (Å²) in [6.45, 7) is 0. The van der Waals surface area contributed by atoms with E-state index in [0.29, 0.717) is 5.69 Å². The predicted octanol–water partition coefficient (Wildman–Crippen LogP) is 0.444. The fourth-order valence-electron chi connectivity index (χ4n) is 0.403. The van der Waals surface area contributed by atoms with Gasteiger partial charge in [0.2, 0.25) is 6.08 Å². The Morgan fingerprint density at radius 1 is 1.56 bits per heavy atom. The number of aromatic nitrogens is 2. The van der Waals surface area contributed by atoms with Crippen LogP contribution in [0.25, 0.3) is 0 Å². The molecule has 0 unspecified atom stereocenters. The maximum atomic E-state index is 9.63. The SMILES string of the molecule is O=C=Nc1ccnnc1. The van der Waals surface area contributed by atoms with Crippen molar-refractivity contribution in [1.29, 1.82) is 0 Å². The van der Waals surface area contributed by atoms with Crippen LogP contribution < -0.4 is 0 Å². The average molecular weight is 121 g/mol. The zero-order chi connectivity index (χ0) is 6.53. The summed E-state index contributed by atoms with van der Waals surface area (Å²) in [5.41, 5.74) is 0.472. The van der Waals surface area contributed by atoms with E-state index in [2.05, 4.69) is 15.2 Å². The van der Waals surface area contributed by atoms with Crippen molar-refractivity contribution in [3.63, 3.8) is 0 Å². The van der Waals surface area contributed by atoms with Crippen LogP contribution in [-0.2, 0) is 4.79 Å². The van der Waals surface area contributed by atoms with Crippen molar-refractivity contribution in [3.8, 4) is 0 Å². The Hall–Kier alpha value is -1.54. The minimum Gasteiger partial charge on any atom is -0.211 e. The summed E-state index contributed by atoms with van der Waals surface area (Å²) >= 11 is 0. The summed E-state index contributed by atoms with van der Waals surface area (Å²) < 4.78 is 0. The lowest BCUT2D eigenvalue weighted by Gasteiger charge is -1.81. The van der Waals surface area contributed by atoms with Gasteiger partial charge >= 0.3 is 0 Å². The molecule has 0 amide bonds. The first-order valence-electron chi connectivity index (χ1n) is 2.28. The van der Waals surface area contributed by atoms with Gasteiger partial charge in [-0.25, -0.2) is 4.79 Å². The van der Waals surface area contributed by atoms with Crippen molar-refractivity contribution in [3.05, 3.63) is 18.5 Å². The van der Waals surface area contributed by atoms with Crippen molar-refractivity contribution in [1.82, 2.24) is 10.2 Å². The molecule has 0 saturated carbocycles. The molecule has 1 rings (SSSR count). The molecule has 1 aromatic rings. The summed E-state index contributed by atoms with van der Waals surface area (Å²) in [4.78, 5) is 12.9. The van der Waals surface area contributed by atoms with Crippen molar-refractivity contribution < 1.29 is 4.79 Å². The maximum absolute atomic E-state index is 9.63. The largest absolute Gasteiger partial charge is 0.240 e. The summed E-state index contributed by atoms with van der Waals surface area (Å²) in [6.07, 6.45) is 4.23. The first-order valence-corrected chi connectivity index (χ1v) is 2.28. The Morgan fingerprint density at radius 3 is 3.00 bits per heavy atom. The number of hydrogen-bond donors (Lipinski definition) is 0. The highest BCUT2D eigenvalue weighted by molar-refractivity contribution is 5.46. The standard InChI is InChI=1S/C5H3N3O/c9-4-6-5-1-2-7-8-3-5/h1-3H. The Bertz CT molecular complexity index is 227. The molecule has 1 heterocycles. The Balaban J connectivity index is 2.97. The molecule has 0 aliphatic heterocycles. The summed E-state index contributed by atoms with van der Waals surface area (Å²) in [5.74, 6) is 0. The van der Waals surface area contributed by atoms with Crippen LogP contribution in [0.3, 0.4) is 0 Å². The number of nitrogens with zero attached hydrogens (tertiary/aromatic N) is 3. The van der Waals surface area contributed by atoms with Gasteiger partial charge in [-0.1, -0.05) is 0 Å². The molecule has 0 aliphatic carbocycles. The molecule has 1 aromatic heterocycles. The normalized spacial score (nSPS) is 8.00. The van der Waals surface area contributed by atoms with E-state index in [0.717, 1.165) is 0 Å². The number of rotatable bonds is 1. The van der Waals surface area contributed by atoms with Crippen molar-refractivity contribution >= 4 is 11.8 Å². The third kappa shape index (κ3) is 1.44. The van der Waals surface area contributed by atoms with Gasteiger partial charge in [-0.15, -0.1) is 0 Å². The molecule has 44 valence electrons. The Labute approximate surface area is 51.3 Å². The third-order valence-electron chi connectivity index (χ3n) is 0.743. The van der Waals surface area contributed by atoms with Crippen LogP contribution in [0.2, 0.25) is 0 Å². The number of aliphatic imine (C=N–C) groups is 1. The monoisotopic (exact) mass is 121 g/mol. The van der Waals surface area contributed by atoms with Crippen LogP contribution in [0.5, 0.6) is 0 Å². The van der Waals surface area contributed by atoms with Crippen molar-refractivity contribution in [2.45, 2.75) is 0 Å². The highest BCUT2D eigenvalue weighted by Crippen LogP contribution is 2.03. The van der Waals surface area contributed by atoms with Gasteiger partial charge in [-0.05, 0) is 6.07 Å². The maximum Gasteiger partial charge on any atom is 0.240 e. The molecular formula is C5H3N3O. The Kier molecular flexibility index (Phi) is 1.67. The molecule has 0 aliphatic rings. The smallest absolute Gasteiger partial charge is 0.211 e. The van der Waals surface area contributed by atoms with Crippen molar-refractivity contribution in [2.24, 2.45) is 4.99 Å². The third-order valence-corrected chi connectivity index (χ3v) is 0.743. The van der Waals surface area contributed by atoms with Crippen LogP contribution in [0, 0.1) is 0 Å². The molecule has 4 nitrogen and oxygen atoms in total. The average Bonchev–Trinajstić information content (AvgIpc) is 1.91. The second-order valence-corrected chi connectivity index (χ2v) is 1.30. The van der Waals surface area contributed by atoms with Gasteiger partial charge in [-0.3, -0.25) is 0 Å². The minimum absolute atomic E-state index is 0.472. The minimum atomic E-state index is 0.472. The van der Waals surface area contributed by atoms with E-state index in [4.69, 9.17) is 0 Å². The molecule has 0 N–H and O–H groups in total. The fourth-order valence-corrected chi connectivity index (χ4v) is 0.403. The molecule has 4 heteroatoms. The van der Waals surface area contributed by atoms with Gasteiger partial charge in [0.15, 0.2) is 0 Å². The number of hydrogen-bond acceptors (Lipinski definition) is 4. The van der Waals surface area contributed by atoms with Crippen LogP contribution >= 0.6 is 0 Å². The number of carbonyl (C=O) groups excluding carboxylic acids is 1. The molecule has 0 radical (unpaired) electrons. The van der Waals surface area contributed by atoms with Gasteiger partial charge < -0.3 is 0 Å². The first-order chi connectivity index (χ1) is 4.43. The van der Waals surface area contributed by atoms with Gasteiger partial charge in [0.1, 0.15) is 0 Å². The van der Waals surface area contributed by atoms with Crippen LogP contribution in [0.15, 0.2) is 23.5 Å². The lowest BCUT2D eigenvalue weighted by Crippen LogP contribution is -1.73. The zero-order valence-electron chi connectivity index (χ0n) is 4.48. The van der Waals surface area contributed by atoms with Crippen molar-refractivity contribution in [2.75, 3.05) is 0 Å². The highest BCUT2D eigenvalue weighted by atomic mass is 16.1. The summed E-state index contributed by atoms with van der Waals surface area (Å²) in [5, 5.41) is 6.97. The van der Waals surface area contributed by atoms with Gasteiger partial charge in [0.05, 0.1) is 18.1 Å². The van der Waals surface area contributed by atoms with E-state index in [1.54, 1.807) is 6.07 Å². The van der Waals surface area contributed by atoms with E-state index in [9.17, 15) is 4.79 Å².